The van der Waals surface area contributed by atoms with Crippen LogP contribution in [0.1, 0.15) is 55.3 Å². The van der Waals surface area contributed by atoms with Gasteiger partial charge in [-0.05, 0) is 62.9 Å². The van der Waals surface area contributed by atoms with Gasteiger partial charge in [0.1, 0.15) is 5.82 Å². The molecule has 0 radical (unpaired) electrons. The van der Waals surface area contributed by atoms with Gasteiger partial charge in [-0.2, -0.15) is 0 Å². The summed E-state index contributed by atoms with van der Waals surface area (Å²) < 4.78 is 13.5. The molecule has 1 saturated heterocycles. The number of aromatic nitrogens is 1. The fourth-order valence-electron chi connectivity index (χ4n) is 5.03. The maximum atomic E-state index is 13.5. The summed E-state index contributed by atoms with van der Waals surface area (Å²) in [4.78, 5) is 45.6. The molecule has 0 bridgehead atoms. The van der Waals surface area contributed by atoms with Gasteiger partial charge in [-0.1, -0.05) is 19.3 Å². The number of nitrogens with zero attached hydrogens (tertiary/aromatic N) is 2. The maximum Gasteiger partial charge on any atom is 0.295 e. The maximum absolute atomic E-state index is 13.5. The van der Waals surface area contributed by atoms with Gasteiger partial charge < -0.3 is 20.1 Å². The minimum atomic E-state index is -0.680. The van der Waals surface area contributed by atoms with Crippen LogP contribution >= 0.6 is 0 Å². The Bertz CT molecular complexity index is 993. The topological polar surface area (TPSA) is 85.5 Å². The molecule has 1 aromatic carbocycles. The zero-order chi connectivity index (χ0) is 23.2. The van der Waals surface area contributed by atoms with Gasteiger partial charge in [-0.15, -0.1) is 0 Å². The Morgan fingerprint density at radius 2 is 1.85 bits per heavy atom. The van der Waals surface area contributed by atoms with Crippen molar-refractivity contribution in [3.63, 3.8) is 0 Å². The van der Waals surface area contributed by atoms with Crippen LogP contribution in [0.15, 0.2) is 24.4 Å². The highest BCUT2D eigenvalue weighted by atomic mass is 19.1. The molecule has 2 aliphatic rings. The zero-order valence-electron chi connectivity index (χ0n) is 19.1. The van der Waals surface area contributed by atoms with Crippen LogP contribution in [0, 0.1) is 11.7 Å². The largest absolute Gasteiger partial charge is 0.360 e. The van der Waals surface area contributed by atoms with Gasteiger partial charge in [-0.25, -0.2) is 4.39 Å². The monoisotopic (exact) mass is 456 g/mol. The van der Waals surface area contributed by atoms with Crippen molar-refractivity contribution in [2.24, 2.45) is 5.92 Å². The molecule has 2 N–H and O–H groups in total. The first kappa shape index (κ1) is 23.4. The fourth-order valence-corrected chi connectivity index (χ4v) is 5.03. The number of ketones is 1. The number of likely N-dealkylation sites (tertiary alicyclic amines) is 1. The SMILES string of the molecule is O=C(CN(CC1CCCCC1)C(=O)C(=O)c1c[nH]c2cc(F)ccc12)NCCN1CCCC1. The third-order valence-electron chi connectivity index (χ3n) is 6.86. The molecule has 2 aromatic rings. The number of amides is 2. The van der Waals surface area contributed by atoms with E-state index in [0.29, 0.717) is 29.9 Å². The molecule has 33 heavy (non-hydrogen) atoms. The Morgan fingerprint density at radius 1 is 1.09 bits per heavy atom. The van der Waals surface area contributed by atoms with Crippen molar-refractivity contribution >= 4 is 28.5 Å². The third-order valence-corrected chi connectivity index (χ3v) is 6.86. The zero-order valence-corrected chi connectivity index (χ0v) is 19.1. The predicted molar refractivity (Wildman–Crippen MR) is 124 cm³/mol. The van der Waals surface area contributed by atoms with Gasteiger partial charge >= 0.3 is 0 Å². The number of fused-ring (bicyclic) bond motifs is 1. The molecule has 0 atom stereocenters. The number of hydrogen-bond acceptors (Lipinski definition) is 4. The molecule has 1 aliphatic carbocycles. The van der Waals surface area contributed by atoms with Gasteiger partial charge in [0.25, 0.3) is 11.7 Å². The van der Waals surface area contributed by atoms with Crippen LogP contribution in [0.5, 0.6) is 0 Å². The third kappa shape index (κ3) is 5.99. The number of aromatic amines is 1. The quantitative estimate of drug-likeness (QED) is 0.449. The van der Waals surface area contributed by atoms with Crippen LogP contribution in [0.4, 0.5) is 4.39 Å². The summed E-state index contributed by atoms with van der Waals surface area (Å²) in [5.74, 6) is -1.72. The number of Topliss-reactive ketones (excluding diaryl/α,β-unsaturated/α-hetero) is 1. The Morgan fingerprint density at radius 3 is 2.61 bits per heavy atom. The van der Waals surface area contributed by atoms with E-state index in [-0.39, 0.29) is 18.0 Å². The van der Waals surface area contributed by atoms with Crippen molar-refractivity contribution in [2.45, 2.75) is 44.9 Å². The van der Waals surface area contributed by atoms with E-state index >= 15 is 0 Å². The minimum absolute atomic E-state index is 0.127. The van der Waals surface area contributed by atoms with Crippen LogP contribution in [-0.4, -0.2) is 71.6 Å². The van der Waals surface area contributed by atoms with Crippen molar-refractivity contribution in [1.82, 2.24) is 20.1 Å². The van der Waals surface area contributed by atoms with Crippen molar-refractivity contribution < 1.29 is 18.8 Å². The predicted octanol–water partition coefficient (Wildman–Crippen LogP) is 3.11. The molecule has 4 rings (SSSR count). The Hall–Kier alpha value is -2.74. The first-order valence-electron chi connectivity index (χ1n) is 12.1. The second-order valence-electron chi connectivity index (χ2n) is 9.31. The second kappa shape index (κ2) is 10.9. The van der Waals surface area contributed by atoms with Crippen molar-refractivity contribution in [1.29, 1.82) is 0 Å². The number of rotatable bonds is 9. The van der Waals surface area contributed by atoms with Gasteiger partial charge in [0, 0.05) is 36.7 Å². The summed E-state index contributed by atoms with van der Waals surface area (Å²) in [5, 5.41) is 3.41. The number of carbonyl (C=O) groups is 3. The molecular weight excluding hydrogens is 423 g/mol. The van der Waals surface area contributed by atoms with E-state index in [0.717, 1.165) is 45.3 Å². The number of halogens is 1. The van der Waals surface area contributed by atoms with E-state index in [4.69, 9.17) is 0 Å². The lowest BCUT2D eigenvalue weighted by molar-refractivity contribution is -0.133. The number of carbonyl (C=O) groups excluding carboxylic acids is 3. The van der Waals surface area contributed by atoms with Gasteiger partial charge in [0.2, 0.25) is 5.91 Å². The molecule has 0 spiro atoms. The number of hydrogen-bond donors (Lipinski definition) is 2. The molecule has 1 aliphatic heterocycles. The fraction of sp³-hybridized carbons (Fsp3) is 0.560. The van der Waals surface area contributed by atoms with Crippen LogP contribution < -0.4 is 5.32 Å². The highest BCUT2D eigenvalue weighted by Crippen LogP contribution is 2.25. The Balaban J connectivity index is 1.43. The minimum Gasteiger partial charge on any atom is -0.360 e. The summed E-state index contributed by atoms with van der Waals surface area (Å²) in [6.45, 7) is 3.73. The van der Waals surface area contributed by atoms with Crippen molar-refractivity contribution in [3.8, 4) is 0 Å². The Kier molecular flexibility index (Phi) is 7.75. The molecule has 2 fully saturated rings. The molecule has 2 amide bonds. The van der Waals surface area contributed by atoms with E-state index in [1.54, 1.807) is 0 Å². The van der Waals surface area contributed by atoms with Crippen molar-refractivity contribution in [2.75, 3.05) is 39.3 Å². The first-order chi connectivity index (χ1) is 16.0. The molecule has 0 unspecified atom stereocenters. The molecule has 7 nitrogen and oxygen atoms in total. The number of H-pyrrole nitrogens is 1. The van der Waals surface area contributed by atoms with E-state index < -0.39 is 17.5 Å². The lowest BCUT2D eigenvalue weighted by atomic mass is 9.89. The summed E-state index contributed by atoms with van der Waals surface area (Å²) in [5.41, 5.74) is 0.669. The van der Waals surface area contributed by atoms with Gasteiger partial charge in [0.15, 0.2) is 0 Å². The number of benzene rings is 1. The summed E-state index contributed by atoms with van der Waals surface area (Å²) in [7, 11) is 0. The lowest BCUT2D eigenvalue weighted by Crippen LogP contribution is -2.46. The molecule has 1 aromatic heterocycles. The normalized spacial score (nSPS) is 17.4. The molecular formula is C25H33FN4O3. The molecule has 178 valence electrons. The van der Waals surface area contributed by atoms with E-state index in [9.17, 15) is 18.8 Å². The number of nitrogens with one attached hydrogen (secondary N) is 2. The Labute approximate surface area is 193 Å². The van der Waals surface area contributed by atoms with Crippen LogP contribution in [0.2, 0.25) is 0 Å². The summed E-state index contributed by atoms with van der Waals surface area (Å²) in [6.07, 6.45) is 9.24. The standard InChI is InChI=1S/C25H33FN4O3/c26-19-8-9-20-21(15-28-22(20)14-19)24(32)25(33)30(16-18-6-2-1-3-7-18)17-23(31)27-10-13-29-11-4-5-12-29/h8-9,14-15,18,28H,1-7,10-13,16-17H2,(H,27,31). The lowest BCUT2D eigenvalue weighted by Gasteiger charge is -2.29. The second-order valence-corrected chi connectivity index (χ2v) is 9.31. The van der Waals surface area contributed by atoms with Crippen LogP contribution in [0.25, 0.3) is 10.9 Å². The summed E-state index contributed by atoms with van der Waals surface area (Å²) in [6, 6.07) is 4.06. The first-order valence-corrected chi connectivity index (χ1v) is 12.1. The average molecular weight is 457 g/mol. The summed E-state index contributed by atoms with van der Waals surface area (Å²) >= 11 is 0. The van der Waals surface area contributed by atoms with E-state index in [2.05, 4.69) is 15.2 Å². The van der Waals surface area contributed by atoms with E-state index in [1.807, 2.05) is 0 Å². The highest BCUT2D eigenvalue weighted by molar-refractivity contribution is 6.45. The smallest absolute Gasteiger partial charge is 0.295 e. The molecule has 1 saturated carbocycles. The van der Waals surface area contributed by atoms with Crippen molar-refractivity contribution in [3.05, 3.63) is 35.8 Å². The molecule has 2 heterocycles. The molecule has 8 heteroatoms. The highest BCUT2D eigenvalue weighted by Gasteiger charge is 2.29. The van der Waals surface area contributed by atoms with Crippen LogP contribution in [0.3, 0.4) is 0 Å². The average Bonchev–Trinajstić information content (AvgIpc) is 3.48. The van der Waals surface area contributed by atoms with Crippen LogP contribution in [-0.2, 0) is 9.59 Å². The van der Waals surface area contributed by atoms with Gasteiger partial charge in [-0.3, -0.25) is 14.4 Å². The van der Waals surface area contributed by atoms with Gasteiger partial charge in [0.05, 0.1) is 12.1 Å². The van der Waals surface area contributed by atoms with E-state index in [1.165, 1.54) is 48.6 Å².